The summed E-state index contributed by atoms with van der Waals surface area (Å²) in [6.45, 7) is 0. The van der Waals surface area contributed by atoms with Gasteiger partial charge in [-0.05, 0) is 23.0 Å². The molecule has 3 heterocycles. The number of imidazole rings is 1. The zero-order chi connectivity index (χ0) is 11.0. The van der Waals surface area contributed by atoms with Gasteiger partial charge in [0.1, 0.15) is 5.52 Å². The number of H-pyrrole nitrogens is 1. The zero-order valence-electron chi connectivity index (χ0n) is 7.94. The van der Waals surface area contributed by atoms with E-state index in [1.165, 1.54) is 0 Å². The standard InChI is InChI=1S/C9H6ClN5S/c10-9-14-7-6(11-4-12-7)8(15-9)13-5-1-2-16-3-5/h1-4H,(H2,11,12,13,14,15). The van der Waals surface area contributed by atoms with Gasteiger partial charge in [0.25, 0.3) is 0 Å². The summed E-state index contributed by atoms with van der Waals surface area (Å²) in [6, 6.07) is 1.96. The van der Waals surface area contributed by atoms with Crippen LogP contribution in [0, 0.1) is 0 Å². The summed E-state index contributed by atoms with van der Waals surface area (Å²) >= 11 is 7.41. The van der Waals surface area contributed by atoms with E-state index in [4.69, 9.17) is 11.6 Å². The first kappa shape index (κ1) is 9.56. The van der Waals surface area contributed by atoms with E-state index in [1.807, 2.05) is 16.8 Å². The van der Waals surface area contributed by atoms with Gasteiger partial charge in [0.2, 0.25) is 5.28 Å². The second-order valence-electron chi connectivity index (χ2n) is 3.08. The Balaban J connectivity index is 2.11. The minimum Gasteiger partial charge on any atom is -0.340 e. The maximum atomic E-state index is 5.81. The SMILES string of the molecule is Clc1nc(Nc2ccsc2)c2[nH]cnc2n1. The van der Waals surface area contributed by atoms with Gasteiger partial charge in [-0.3, -0.25) is 0 Å². The molecular weight excluding hydrogens is 246 g/mol. The summed E-state index contributed by atoms with van der Waals surface area (Å²) in [7, 11) is 0. The van der Waals surface area contributed by atoms with E-state index >= 15 is 0 Å². The van der Waals surface area contributed by atoms with E-state index in [0.29, 0.717) is 11.5 Å². The zero-order valence-corrected chi connectivity index (χ0v) is 9.51. The Morgan fingerprint density at radius 1 is 1.38 bits per heavy atom. The highest BCUT2D eigenvalue weighted by molar-refractivity contribution is 7.08. The molecule has 16 heavy (non-hydrogen) atoms. The fraction of sp³-hybridized carbons (Fsp3) is 0. The highest BCUT2D eigenvalue weighted by Gasteiger charge is 2.08. The lowest BCUT2D eigenvalue weighted by molar-refractivity contribution is 1.20. The summed E-state index contributed by atoms with van der Waals surface area (Å²) < 4.78 is 0. The van der Waals surface area contributed by atoms with Gasteiger partial charge in [0.05, 0.1) is 12.0 Å². The smallest absolute Gasteiger partial charge is 0.226 e. The fourth-order valence-electron chi connectivity index (χ4n) is 1.37. The number of rotatable bonds is 2. The van der Waals surface area contributed by atoms with E-state index in [2.05, 4.69) is 25.3 Å². The number of hydrogen-bond donors (Lipinski definition) is 2. The molecule has 0 radical (unpaired) electrons. The van der Waals surface area contributed by atoms with Crippen LogP contribution in [-0.2, 0) is 0 Å². The van der Waals surface area contributed by atoms with Crippen LogP contribution in [0.1, 0.15) is 0 Å². The van der Waals surface area contributed by atoms with Crippen LogP contribution in [0.2, 0.25) is 5.28 Å². The molecule has 0 spiro atoms. The normalized spacial score (nSPS) is 10.8. The molecule has 3 aromatic heterocycles. The Morgan fingerprint density at radius 3 is 3.12 bits per heavy atom. The number of anilines is 2. The maximum Gasteiger partial charge on any atom is 0.226 e. The van der Waals surface area contributed by atoms with Crippen molar-refractivity contribution in [2.75, 3.05) is 5.32 Å². The largest absolute Gasteiger partial charge is 0.340 e. The van der Waals surface area contributed by atoms with Crippen LogP contribution >= 0.6 is 22.9 Å². The van der Waals surface area contributed by atoms with Crippen molar-refractivity contribution in [1.82, 2.24) is 19.9 Å². The Bertz CT molecular complexity index is 618. The number of nitrogens with one attached hydrogen (secondary N) is 2. The van der Waals surface area contributed by atoms with Crippen LogP contribution < -0.4 is 5.32 Å². The maximum absolute atomic E-state index is 5.81. The topological polar surface area (TPSA) is 66.5 Å². The van der Waals surface area contributed by atoms with Gasteiger partial charge in [-0.15, -0.1) is 0 Å². The molecule has 0 aromatic carbocycles. The van der Waals surface area contributed by atoms with Gasteiger partial charge in [-0.25, -0.2) is 4.98 Å². The van der Waals surface area contributed by atoms with E-state index < -0.39 is 0 Å². The fourth-order valence-corrected chi connectivity index (χ4v) is 2.12. The van der Waals surface area contributed by atoms with Crippen molar-refractivity contribution in [3.05, 3.63) is 28.4 Å². The number of aromatic amines is 1. The van der Waals surface area contributed by atoms with E-state index in [0.717, 1.165) is 11.2 Å². The van der Waals surface area contributed by atoms with E-state index in [-0.39, 0.29) is 5.28 Å². The first-order valence-corrected chi connectivity index (χ1v) is 5.81. The molecule has 7 heteroatoms. The monoisotopic (exact) mass is 251 g/mol. The van der Waals surface area contributed by atoms with Crippen molar-refractivity contribution in [1.29, 1.82) is 0 Å². The molecule has 0 saturated carbocycles. The van der Waals surface area contributed by atoms with Crippen LogP contribution in [0.15, 0.2) is 23.2 Å². The lowest BCUT2D eigenvalue weighted by atomic mass is 10.4. The molecule has 0 aliphatic carbocycles. The van der Waals surface area contributed by atoms with Gasteiger partial charge >= 0.3 is 0 Å². The third kappa shape index (κ3) is 1.62. The Kier molecular flexibility index (Phi) is 2.23. The van der Waals surface area contributed by atoms with Gasteiger partial charge in [-0.1, -0.05) is 0 Å². The molecule has 5 nitrogen and oxygen atoms in total. The molecule has 2 N–H and O–H groups in total. The molecular formula is C9H6ClN5S. The summed E-state index contributed by atoms with van der Waals surface area (Å²) in [5.74, 6) is 0.630. The van der Waals surface area contributed by atoms with Crippen molar-refractivity contribution in [3.63, 3.8) is 0 Å². The minimum absolute atomic E-state index is 0.178. The summed E-state index contributed by atoms with van der Waals surface area (Å²) in [4.78, 5) is 15.1. The average molecular weight is 252 g/mol. The van der Waals surface area contributed by atoms with Crippen LogP contribution in [0.25, 0.3) is 11.2 Å². The molecule has 0 saturated heterocycles. The third-order valence-corrected chi connectivity index (χ3v) is 2.89. The number of thiophene rings is 1. The second-order valence-corrected chi connectivity index (χ2v) is 4.20. The number of nitrogens with zero attached hydrogens (tertiary/aromatic N) is 3. The summed E-state index contributed by atoms with van der Waals surface area (Å²) in [6.07, 6.45) is 1.56. The molecule has 3 rings (SSSR count). The van der Waals surface area contributed by atoms with Crippen molar-refractivity contribution >= 4 is 45.6 Å². The Labute approximate surface area is 99.5 Å². The highest BCUT2D eigenvalue weighted by Crippen LogP contribution is 2.23. The molecule has 0 atom stereocenters. The predicted molar refractivity (Wildman–Crippen MR) is 64.3 cm³/mol. The van der Waals surface area contributed by atoms with Gasteiger partial charge in [0, 0.05) is 5.38 Å². The lowest BCUT2D eigenvalue weighted by Gasteiger charge is -2.03. The molecule has 0 aliphatic rings. The molecule has 3 aromatic rings. The Morgan fingerprint density at radius 2 is 2.31 bits per heavy atom. The average Bonchev–Trinajstić information content (AvgIpc) is 2.87. The highest BCUT2D eigenvalue weighted by atomic mass is 35.5. The van der Waals surface area contributed by atoms with Crippen LogP contribution in [0.3, 0.4) is 0 Å². The lowest BCUT2D eigenvalue weighted by Crippen LogP contribution is -1.95. The second kappa shape index (κ2) is 3.73. The minimum atomic E-state index is 0.178. The third-order valence-electron chi connectivity index (χ3n) is 2.04. The van der Waals surface area contributed by atoms with Crippen LogP contribution in [0.5, 0.6) is 0 Å². The summed E-state index contributed by atoms with van der Waals surface area (Å²) in [5, 5.41) is 7.30. The van der Waals surface area contributed by atoms with Gasteiger partial charge in [0.15, 0.2) is 11.5 Å². The summed E-state index contributed by atoms with van der Waals surface area (Å²) in [5.41, 5.74) is 2.27. The van der Waals surface area contributed by atoms with E-state index in [1.54, 1.807) is 17.7 Å². The van der Waals surface area contributed by atoms with E-state index in [9.17, 15) is 0 Å². The number of hydrogen-bond acceptors (Lipinski definition) is 5. The van der Waals surface area contributed by atoms with Gasteiger partial charge < -0.3 is 10.3 Å². The molecule has 0 unspecified atom stereocenters. The first-order valence-electron chi connectivity index (χ1n) is 4.49. The molecule has 80 valence electrons. The van der Waals surface area contributed by atoms with Crippen molar-refractivity contribution in [2.45, 2.75) is 0 Å². The van der Waals surface area contributed by atoms with Crippen molar-refractivity contribution in [2.24, 2.45) is 0 Å². The first-order chi connectivity index (χ1) is 7.83. The van der Waals surface area contributed by atoms with Crippen molar-refractivity contribution < 1.29 is 0 Å². The van der Waals surface area contributed by atoms with Crippen LogP contribution in [0.4, 0.5) is 11.5 Å². The van der Waals surface area contributed by atoms with Gasteiger partial charge in [-0.2, -0.15) is 21.3 Å². The molecule has 0 amide bonds. The molecule has 0 bridgehead atoms. The quantitative estimate of drug-likeness (QED) is 0.688. The number of fused-ring (bicyclic) bond motifs is 1. The van der Waals surface area contributed by atoms with Crippen LogP contribution in [-0.4, -0.2) is 19.9 Å². The predicted octanol–water partition coefficient (Wildman–Crippen LogP) is 2.81. The molecule has 0 fully saturated rings. The van der Waals surface area contributed by atoms with Crippen molar-refractivity contribution in [3.8, 4) is 0 Å². The number of halogens is 1. The number of aromatic nitrogens is 4. The molecule has 0 aliphatic heterocycles. The Hall–Kier alpha value is -1.66.